The normalized spacial score (nSPS) is 16.5. The highest BCUT2D eigenvalue weighted by Crippen LogP contribution is 2.23. The van der Waals surface area contributed by atoms with Gasteiger partial charge in [-0.05, 0) is 25.0 Å². The van der Waals surface area contributed by atoms with Crippen LogP contribution in [0.4, 0.5) is 17.1 Å². The van der Waals surface area contributed by atoms with Crippen molar-refractivity contribution in [2.24, 2.45) is 0 Å². The van der Waals surface area contributed by atoms with Crippen molar-refractivity contribution in [2.75, 3.05) is 29.0 Å². The lowest BCUT2D eigenvalue weighted by Gasteiger charge is -2.35. The number of nitrogen functional groups attached to an aromatic ring is 1. The standard InChI is InChI=1S/C15H17N3O2/c16-12-13(15(20)14(12)19)18-8-6-11(7-9-18)17-10-4-2-1-3-5-10/h1-5,11,17H,6-9,16H2. The second-order valence-electron chi connectivity index (χ2n) is 5.19. The molecule has 0 spiro atoms. The SMILES string of the molecule is Nc1c(N2CCC(Nc3ccccc3)CC2)c(=O)c1=O. The number of nitrogens with two attached hydrogens (primary N) is 1. The lowest BCUT2D eigenvalue weighted by atomic mass is 10.0. The van der Waals surface area contributed by atoms with Crippen molar-refractivity contribution in [3.8, 4) is 0 Å². The monoisotopic (exact) mass is 271 g/mol. The van der Waals surface area contributed by atoms with Crippen LogP contribution >= 0.6 is 0 Å². The van der Waals surface area contributed by atoms with Gasteiger partial charge in [-0.2, -0.15) is 0 Å². The third kappa shape index (κ3) is 2.15. The Morgan fingerprint density at radius 1 is 1.05 bits per heavy atom. The predicted octanol–water partition coefficient (Wildman–Crippen LogP) is 0.946. The number of hydrogen-bond donors (Lipinski definition) is 2. The minimum Gasteiger partial charge on any atom is -0.394 e. The number of anilines is 3. The Bertz CT molecular complexity index is 666. The summed E-state index contributed by atoms with van der Waals surface area (Å²) in [5.74, 6) is 0. The Balaban J connectivity index is 1.60. The summed E-state index contributed by atoms with van der Waals surface area (Å²) >= 11 is 0. The zero-order valence-corrected chi connectivity index (χ0v) is 11.1. The van der Waals surface area contributed by atoms with E-state index in [9.17, 15) is 9.59 Å². The topological polar surface area (TPSA) is 75.4 Å². The van der Waals surface area contributed by atoms with Crippen LogP contribution in [-0.4, -0.2) is 19.1 Å². The maximum absolute atomic E-state index is 11.5. The largest absolute Gasteiger partial charge is 0.394 e. The Morgan fingerprint density at radius 3 is 2.30 bits per heavy atom. The van der Waals surface area contributed by atoms with Crippen LogP contribution in [0.1, 0.15) is 12.8 Å². The van der Waals surface area contributed by atoms with E-state index in [1.165, 1.54) is 0 Å². The van der Waals surface area contributed by atoms with E-state index in [4.69, 9.17) is 5.73 Å². The lowest BCUT2D eigenvalue weighted by molar-refractivity contribution is 0.525. The van der Waals surface area contributed by atoms with Gasteiger partial charge < -0.3 is 16.0 Å². The van der Waals surface area contributed by atoms with Gasteiger partial charge in [-0.25, -0.2) is 0 Å². The number of hydrogen-bond acceptors (Lipinski definition) is 5. The zero-order valence-electron chi connectivity index (χ0n) is 11.1. The van der Waals surface area contributed by atoms with Crippen LogP contribution in [0.3, 0.4) is 0 Å². The molecule has 0 atom stereocenters. The molecule has 1 aliphatic heterocycles. The summed E-state index contributed by atoms with van der Waals surface area (Å²) in [5.41, 5.74) is 6.29. The third-order valence-corrected chi connectivity index (χ3v) is 3.88. The second kappa shape index (κ2) is 5.00. The number of benzene rings is 1. The van der Waals surface area contributed by atoms with Crippen LogP contribution in [0.2, 0.25) is 0 Å². The lowest BCUT2D eigenvalue weighted by Crippen LogP contribution is -2.47. The summed E-state index contributed by atoms with van der Waals surface area (Å²) in [7, 11) is 0. The molecule has 0 unspecified atom stereocenters. The van der Waals surface area contributed by atoms with E-state index in [0.29, 0.717) is 11.7 Å². The van der Waals surface area contributed by atoms with Gasteiger partial charge in [0.15, 0.2) is 0 Å². The summed E-state index contributed by atoms with van der Waals surface area (Å²) < 4.78 is 0. The van der Waals surface area contributed by atoms with Crippen LogP contribution in [0.5, 0.6) is 0 Å². The Labute approximate surface area is 116 Å². The van der Waals surface area contributed by atoms with Gasteiger partial charge in [0.25, 0.3) is 10.9 Å². The Morgan fingerprint density at radius 2 is 1.70 bits per heavy atom. The van der Waals surface area contributed by atoms with Gasteiger partial charge in [-0.15, -0.1) is 0 Å². The molecule has 1 aliphatic rings. The smallest absolute Gasteiger partial charge is 0.253 e. The van der Waals surface area contributed by atoms with Gasteiger partial charge in [0.1, 0.15) is 11.4 Å². The Kier molecular flexibility index (Phi) is 3.18. The van der Waals surface area contributed by atoms with E-state index < -0.39 is 10.9 Å². The third-order valence-electron chi connectivity index (χ3n) is 3.88. The van der Waals surface area contributed by atoms with Crippen molar-refractivity contribution in [3.05, 3.63) is 50.8 Å². The molecule has 104 valence electrons. The molecule has 20 heavy (non-hydrogen) atoms. The highest BCUT2D eigenvalue weighted by atomic mass is 16.2. The van der Waals surface area contributed by atoms with Crippen LogP contribution in [0.15, 0.2) is 39.9 Å². The second-order valence-corrected chi connectivity index (χ2v) is 5.19. The highest BCUT2D eigenvalue weighted by molar-refractivity contribution is 5.72. The summed E-state index contributed by atoms with van der Waals surface area (Å²) in [6, 6.07) is 10.5. The molecule has 1 fully saturated rings. The molecule has 2 aromatic rings. The van der Waals surface area contributed by atoms with Crippen molar-refractivity contribution < 1.29 is 0 Å². The molecule has 0 radical (unpaired) electrons. The summed E-state index contributed by atoms with van der Waals surface area (Å²) in [4.78, 5) is 24.6. The molecule has 1 saturated heterocycles. The van der Waals surface area contributed by atoms with E-state index in [1.807, 2.05) is 35.2 Å². The fourth-order valence-electron chi connectivity index (χ4n) is 2.73. The Hall–Kier alpha value is -2.30. The van der Waals surface area contributed by atoms with Crippen molar-refractivity contribution in [3.63, 3.8) is 0 Å². The molecular formula is C15H17N3O2. The molecule has 0 amide bonds. The van der Waals surface area contributed by atoms with E-state index in [-0.39, 0.29) is 5.69 Å². The molecule has 2 aromatic carbocycles. The van der Waals surface area contributed by atoms with Crippen molar-refractivity contribution in [1.82, 2.24) is 0 Å². The maximum atomic E-state index is 11.5. The van der Waals surface area contributed by atoms with E-state index >= 15 is 0 Å². The highest BCUT2D eigenvalue weighted by Gasteiger charge is 2.27. The van der Waals surface area contributed by atoms with Gasteiger partial charge in [-0.1, -0.05) is 18.2 Å². The van der Waals surface area contributed by atoms with Crippen LogP contribution in [0.25, 0.3) is 0 Å². The summed E-state index contributed by atoms with van der Waals surface area (Å²) in [6.07, 6.45) is 1.85. The number of nitrogens with zero attached hydrogens (tertiary/aromatic N) is 1. The molecule has 0 aromatic heterocycles. The van der Waals surface area contributed by atoms with E-state index in [1.54, 1.807) is 0 Å². The summed E-state index contributed by atoms with van der Waals surface area (Å²) in [5, 5.41) is 3.48. The van der Waals surface area contributed by atoms with Gasteiger partial charge in [0, 0.05) is 24.8 Å². The first-order chi connectivity index (χ1) is 9.66. The van der Waals surface area contributed by atoms with Gasteiger partial charge in [-0.3, -0.25) is 9.59 Å². The van der Waals surface area contributed by atoms with Crippen LogP contribution < -0.4 is 26.8 Å². The van der Waals surface area contributed by atoms with E-state index in [2.05, 4.69) is 5.32 Å². The molecule has 0 aliphatic carbocycles. The molecule has 5 heteroatoms. The summed E-state index contributed by atoms with van der Waals surface area (Å²) in [6.45, 7) is 1.50. The molecule has 0 bridgehead atoms. The van der Waals surface area contributed by atoms with E-state index in [0.717, 1.165) is 31.6 Å². The first-order valence-corrected chi connectivity index (χ1v) is 6.82. The average Bonchev–Trinajstić information content (AvgIpc) is 2.50. The fourth-order valence-corrected chi connectivity index (χ4v) is 2.73. The molecule has 3 rings (SSSR count). The van der Waals surface area contributed by atoms with Crippen molar-refractivity contribution >= 4 is 17.1 Å². The molecule has 1 heterocycles. The molecule has 0 saturated carbocycles. The first-order valence-electron chi connectivity index (χ1n) is 6.82. The van der Waals surface area contributed by atoms with Crippen LogP contribution in [-0.2, 0) is 0 Å². The quantitative estimate of drug-likeness (QED) is 0.813. The molecule has 5 nitrogen and oxygen atoms in total. The number of para-hydroxylation sites is 1. The average molecular weight is 271 g/mol. The number of rotatable bonds is 3. The molecular weight excluding hydrogens is 254 g/mol. The molecule has 3 N–H and O–H groups in total. The fraction of sp³-hybridized carbons (Fsp3) is 0.333. The van der Waals surface area contributed by atoms with Gasteiger partial charge in [0.2, 0.25) is 0 Å². The van der Waals surface area contributed by atoms with Crippen molar-refractivity contribution in [2.45, 2.75) is 18.9 Å². The number of nitrogens with one attached hydrogen (secondary N) is 1. The van der Waals surface area contributed by atoms with Gasteiger partial charge >= 0.3 is 0 Å². The minimum atomic E-state index is -0.537. The number of piperidine rings is 1. The van der Waals surface area contributed by atoms with Crippen molar-refractivity contribution in [1.29, 1.82) is 0 Å². The van der Waals surface area contributed by atoms with Gasteiger partial charge in [0.05, 0.1) is 0 Å². The minimum absolute atomic E-state index is 0.129. The first kappa shape index (κ1) is 12.7. The maximum Gasteiger partial charge on any atom is 0.253 e. The predicted molar refractivity (Wildman–Crippen MR) is 81.1 cm³/mol. The zero-order chi connectivity index (χ0) is 14.1. The van der Waals surface area contributed by atoms with Crippen LogP contribution in [0, 0.1) is 0 Å².